The summed E-state index contributed by atoms with van der Waals surface area (Å²) < 4.78 is 0.901. The molecule has 0 aromatic heterocycles. The van der Waals surface area contributed by atoms with Crippen LogP contribution >= 0.6 is 15.9 Å². The first-order chi connectivity index (χ1) is 8.75. The van der Waals surface area contributed by atoms with E-state index in [1.165, 1.54) is 32.1 Å². The standard InChI is InChI=1S/C14H19BrN2O/c15-12-8-4-5-9-13(12)17-14(18)16-10-11-6-2-1-3-7-11/h4-5,8-9,11H,1-3,6-7,10H2,(H2,16,17,18). The number of nitrogens with one attached hydrogen (secondary N) is 2. The van der Waals surface area contributed by atoms with Crippen LogP contribution in [0.1, 0.15) is 32.1 Å². The highest BCUT2D eigenvalue weighted by molar-refractivity contribution is 9.10. The molecule has 98 valence electrons. The number of carbonyl (C=O) groups is 1. The number of para-hydroxylation sites is 1. The fourth-order valence-corrected chi connectivity index (χ4v) is 2.74. The minimum atomic E-state index is -0.118. The fourth-order valence-electron chi connectivity index (χ4n) is 2.36. The molecule has 0 aliphatic heterocycles. The van der Waals surface area contributed by atoms with E-state index in [1.807, 2.05) is 24.3 Å². The van der Waals surface area contributed by atoms with E-state index in [9.17, 15) is 4.79 Å². The average molecular weight is 311 g/mol. The molecule has 4 heteroatoms. The third-order valence-electron chi connectivity index (χ3n) is 3.40. The molecule has 1 aliphatic carbocycles. The molecular formula is C14H19BrN2O. The van der Waals surface area contributed by atoms with E-state index in [4.69, 9.17) is 0 Å². The maximum Gasteiger partial charge on any atom is 0.319 e. The number of halogens is 1. The smallest absolute Gasteiger partial charge is 0.319 e. The van der Waals surface area contributed by atoms with Gasteiger partial charge in [0.1, 0.15) is 0 Å². The van der Waals surface area contributed by atoms with Crippen LogP contribution in [0.4, 0.5) is 10.5 Å². The SMILES string of the molecule is O=C(NCC1CCCCC1)Nc1ccccc1Br. The Bertz CT molecular complexity index is 403. The lowest BCUT2D eigenvalue weighted by Gasteiger charge is -2.21. The molecule has 0 bridgehead atoms. The predicted molar refractivity (Wildman–Crippen MR) is 77.7 cm³/mol. The van der Waals surface area contributed by atoms with Gasteiger partial charge in [-0.1, -0.05) is 31.4 Å². The molecule has 0 unspecified atom stereocenters. The first-order valence-electron chi connectivity index (χ1n) is 6.55. The van der Waals surface area contributed by atoms with Crippen molar-refractivity contribution in [3.8, 4) is 0 Å². The first kappa shape index (κ1) is 13.4. The number of hydrogen-bond donors (Lipinski definition) is 2. The van der Waals surface area contributed by atoms with E-state index in [1.54, 1.807) is 0 Å². The van der Waals surface area contributed by atoms with Crippen molar-refractivity contribution in [1.29, 1.82) is 0 Å². The third-order valence-corrected chi connectivity index (χ3v) is 4.09. The molecule has 18 heavy (non-hydrogen) atoms. The highest BCUT2D eigenvalue weighted by Gasteiger charge is 2.14. The van der Waals surface area contributed by atoms with Crippen molar-refractivity contribution in [2.45, 2.75) is 32.1 Å². The molecule has 1 fully saturated rings. The topological polar surface area (TPSA) is 41.1 Å². The van der Waals surface area contributed by atoms with E-state index >= 15 is 0 Å². The second kappa shape index (κ2) is 6.78. The minimum absolute atomic E-state index is 0.118. The fraction of sp³-hybridized carbons (Fsp3) is 0.500. The van der Waals surface area contributed by atoms with Gasteiger partial charge in [0, 0.05) is 11.0 Å². The first-order valence-corrected chi connectivity index (χ1v) is 7.34. The van der Waals surface area contributed by atoms with Crippen molar-refractivity contribution in [2.75, 3.05) is 11.9 Å². The molecule has 2 N–H and O–H groups in total. The van der Waals surface area contributed by atoms with Crippen LogP contribution < -0.4 is 10.6 Å². The normalized spacial score (nSPS) is 16.3. The van der Waals surface area contributed by atoms with Gasteiger partial charge in [-0.15, -0.1) is 0 Å². The van der Waals surface area contributed by atoms with Crippen LogP contribution in [-0.2, 0) is 0 Å². The average Bonchev–Trinajstić information content (AvgIpc) is 2.40. The molecule has 3 nitrogen and oxygen atoms in total. The van der Waals surface area contributed by atoms with Gasteiger partial charge in [0.05, 0.1) is 5.69 Å². The Morgan fingerprint density at radius 1 is 1.22 bits per heavy atom. The van der Waals surface area contributed by atoms with E-state index < -0.39 is 0 Å². The van der Waals surface area contributed by atoms with Gasteiger partial charge in [-0.3, -0.25) is 0 Å². The lowest BCUT2D eigenvalue weighted by Crippen LogP contribution is -2.33. The van der Waals surface area contributed by atoms with Crippen LogP contribution in [0.15, 0.2) is 28.7 Å². The number of carbonyl (C=O) groups excluding carboxylic acids is 1. The number of rotatable bonds is 3. The zero-order valence-corrected chi connectivity index (χ0v) is 12.0. The number of amides is 2. The number of benzene rings is 1. The van der Waals surface area contributed by atoms with Crippen LogP contribution in [0.2, 0.25) is 0 Å². The quantitative estimate of drug-likeness (QED) is 0.865. The summed E-state index contributed by atoms with van der Waals surface area (Å²) in [5.41, 5.74) is 0.804. The van der Waals surface area contributed by atoms with Gasteiger partial charge in [0.15, 0.2) is 0 Å². The second-order valence-corrected chi connectivity index (χ2v) is 5.67. The Morgan fingerprint density at radius 2 is 1.94 bits per heavy atom. The molecular weight excluding hydrogens is 292 g/mol. The van der Waals surface area contributed by atoms with Crippen molar-refractivity contribution in [1.82, 2.24) is 5.32 Å². The van der Waals surface area contributed by atoms with Crippen LogP contribution in [0.5, 0.6) is 0 Å². The maximum atomic E-state index is 11.8. The van der Waals surface area contributed by atoms with Crippen LogP contribution in [0, 0.1) is 5.92 Å². The van der Waals surface area contributed by atoms with Crippen LogP contribution in [0.3, 0.4) is 0 Å². The number of hydrogen-bond acceptors (Lipinski definition) is 1. The molecule has 1 aliphatic rings. The lowest BCUT2D eigenvalue weighted by molar-refractivity contribution is 0.247. The molecule has 0 heterocycles. The zero-order chi connectivity index (χ0) is 12.8. The Hall–Kier alpha value is -1.03. The molecule has 1 saturated carbocycles. The molecule has 2 rings (SSSR count). The van der Waals surface area contributed by atoms with Gasteiger partial charge in [-0.2, -0.15) is 0 Å². The Labute approximate surface area is 116 Å². The zero-order valence-electron chi connectivity index (χ0n) is 10.4. The van der Waals surface area contributed by atoms with E-state index in [-0.39, 0.29) is 6.03 Å². The molecule has 1 aromatic carbocycles. The largest absolute Gasteiger partial charge is 0.338 e. The van der Waals surface area contributed by atoms with Crippen LogP contribution in [0.25, 0.3) is 0 Å². The predicted octanol–water partition coefficient (Wildman–Crippen LogP) is 4.15. The maximum absolute atomic E-state index is 11.8. The van der Waals surface area contributed by atoms with Crippen molar-refractivity contribution >= 4 is 27.6 Å². The van der Waals surface area contributed by atoms with E-state index in [0.29, 0.717) is 5.92 Å². The van der Waals surface area contributed by atoms with Crippen molar-refractivity contribution in [2.24, 2.45) is 5.92 Å². The van der Waals surface area contributed by atoms with E-state index in [2.05, 4.69) is 26.6 Å². The number of urea groups is 1. The Morgan fingerprint density at radius 3 is 2.67 bits per heavy atom. The Balaban J connectivity index is 1.76. The van der Waals surface area contributed by atoms with Gasteiger partial charge in [-0.25, -0.2) is 4.79 Å². The molecule has 1 aromatic rings. The summed E-state index contributed by atoms with van der Waals surface area (Å²) in [7, 11) is 0. The summed E-state index contributed by atoms with van der Waals surface area (Å²) in [6.07, 6.45) is 6.45. The summed E-state index contributed by atoms with van der Waals surface area (Å²) in [6.45, 7) is 0.788. The van der Waals surface area contributed by atoms with Crippen molar-refractivity contribution in [3.05, 3.63) is 28.7 Å². The van der Waals surface area contributed by atoms with Gasteiger partial charge >= 0.3 is 6.03 Å². The van der Waals surface area contributed by atoms with Gasteiger partial charge in [0.2, 0.25) is 0 Å². The molecule has 0 spiro atoms. The molecule has 0 atom stereocenters. The van der Waals surface area contributed by atoms with Gasteiger partial charge in [0.25, 0.3) is 0 Å². The highest BCUT2D eigenvalue weighted by Crippen LogP contribution is 2.23. The summed E-state index contributed by atoms with van der Waals surface area (Å²) in [5.74, 6) is 0.656. The summed E-state index contributed by atoms with van der Waals surface area (Å²) >= 11 is 3.41. The van der Waals surface area contributed by atoms with Crippen molar-refractivity contribution < 1.29 is 4.79 Å². The molecule has 2 amide bonds. The highest BCUT2D eigenvalue weighted by atomic mass is 79.9. The third kappa shape index (κ3) is 4.02. The van der Waals surface area contributed by atoms with Gasteiger partial charge < -0.3 is 10.6 Å². The molecule has 0 saturated heterocycles. The van der Waals surface area contributed by atoms with Gasteiger partial charge in [-0.05, 0) is 46.8 Å². The summed E-state index contributed by atoms with van der Waals surface area (Å²) in [4.78, 5) is 11.8. The Kier molecular flexibility index (Phi) is 5.05. The minimum Gasteiger partial charge on any atom is -0.338 e. The summed E-state index contributed by atoms with van der Waals surface area (Å²) in [5, 5.41) is 5.81. The van der Waals surface area contributed by atoms with Crippen LogP contribution in [-0.4, -0.2) is 12.6 Å². The monoisotopic (exact) mass is 310 g/mol. The van der Waals surface area contributed by atoms with E-state index in [0.717, 1.165) is 16.7 Å². The lowest BCUT2D eigenvalue weighted by atomic mass is 9.89. The van der Waals surface area contributed by atoms with Crippen molar-refractivity contribution in [3.63, 3.8) is 0 Å². The number of anilines is 1. The molecule has 0 radical (unpaired) electrons. The summed E-state index contributed by atoms with van der Waals surface area (Å²) in [6, 6.07) is 7.50. The second-order valence-electron chi connectivity index (χ2n) is 4.82.